The summed E-state index contributed by atoms with van der Waals surface area (Å²) in [6.07, 6.45) is 4.94. The van der Waals surface area contributed by atoms with E-state index in [1.54, 1.807) is 9.80 Å². The summed E-state index contributed by atoms with van der Waals surface area (Å²) < 4.78 is 0. The van der Waals surface area contributed by atoms with Gasteiger partial charge < -0.3 is 20.0 Å². The quantitative estimate of drug-likeness (QED) is 0.797. The van der Waals surface area contributed by atoms with Crippen LogP contribution in [0.1, 0.15) is 32.1 Å². The van der Waals surface area contributed by atoms with Gasteiger partial charge in [0.15, 0.2) is 0 Å². The molecule has 0 aromatic heterocycles. The molecule has 3 atom stereocenters. The highest BCUT2D eigenvalue weighted by atomic mass is 16.4. The van der Waals surface area contributed by atoms with Gasteiger partial charge in [-0.25, -0.2) is 9.59 Å². The molecule has 112 valence electrons. The average molecular weight is 282 g/mol. The van der Waals surface area contributed by atoms with Crippen LogP contribution in [-0.2, 0) is 4.79 Å². The zero-order valence-electron chi connectivity index (χ0n) is 11.6. The van der Waals surface area contributed by atoms with Crippen LogP contribution in [0.5, 0.6) is 0 Å². The molecule has 2 amide bonds. The van der Waals surface area contributed by atoms with E-state index in [9.17, 15) is 14.7 Å². The predicted molar refractivity (Wildman–Crippen MR) is 71.2 cm³/mol. The lowest BCUT2D eigenvalue weighted by Crippen LogP contribution is -2.51. The molecule has 3 unspecified atom stereocenters. The van der Waals surface area contributed by atoms with Crippen LogP contribution in [0.3, 0.4) is 0 Å². The minimum Gasteiger partial charge on any atom is -0.480 e. The molecule has 6 nitrogen and oxygen atoms in total. The van der Waals surface area contributed by atoms with Gasteiger partial charge in [-0.05, 0) is 37.5 Å². The van der Waals surface area contributed by atoms with Gasteiger partial charge in [0, 0.05) is 19.1 Å². The summed E-state index contributed by atoms with van der Waals surface area (Å²) in [4.78, 5) is 27.4. The van der Waals surface area contributed by atoms with Crippen molar-refractivity contribution in [1.29, 1.82) is 0 Å². The Hall–Kier alpha value is -1.30. The Kier molecular flexibility index (Phi) is 3.58. The first-order chi connectivity index (χ1) is 9.63. The average Bonchev–Trinajstić information content (AvgIpc) is 3.02. The molecule has 3 fully saturated rings. The first kappa shape index (κ1) is 13.7. The SMILES string of the molecule is O=C(O)C1C2CCCC2CN1C(=O)N(CCO)C1CC1. The first-order valence-corrected chi connectivity index (χ1v) is 7.54. The number of aliphatic carboxylic acids is 1. The first-order valence-electron chi connectivity index (χ1n) is 7.54. The molecule has 1 aliphatic heterocycles. The van der Waals surface area contributed by atoms with Crippen LogP contribution in [0.4, 0.5) is 4.79 Å². The van der Waals surface area contributed by atoms with E-state index in [4.69, 9.17) is 5.11 Å². The van der Waals surface area contributed by atoms with Gasteiger partial charge in [-0.2, -0.15) is 0 Å². The summed E-state index contributed by atoms with van der Waals surface area (Å²) in [5.41, 5.74) is 0. The normalized spacial score (nSPS) is 32.2. The van der Waals surface area contributed by atoms with Crippen molar-refractivity contribution in [2.24, 2.45) is 11.8 Å². The lowest BCUT2D eigenvalue weighted by molar-refractivity contribution is -0.142. The summed E-state index contributed by atoms with van der Waals surface area (Å²) >= 11 is 0. The molecule has 20 heavy (non-hydrogen) atoms. The van der Waals surface area contributed by atoms with E-state index in [1.165, 1.54) is 0 Å². The molecule has 0 radical (unpaired) electrons. The lowest BCUT2D eigenvalue weighted by atomic mass is 9.94. The summed E-state index contributed by atoms with van der Waals surface area (Å²) in [5.74, 6) is -0.422. The fourth-order valence-corrected chi connectivity index (χ4v) is 3.91. The third kappa shape index (κ3) is 2.26. The number of rotatable bonds is 4. The van der Waals surface area contributed by atoms with Crippen molar-refractivity contribution < 1.29 is 19.8 Å². The monoisotopic (exact) mass is 282 g/mol. The van der Waals surface area contributed by atoms with Crippen LogP contribution in [0.25, 0.3) is 0 Å². The molecule has 2 saturated carbocycles. The summed E-state index contributed by atoms with van der Waals surface area (Å²) in [6.45, 7) is 0.803. The highest BCUT2D eigenvalue weighted by molar-refractivity contribution is 5.84. The van der Waals surface area contributed by atoms with Gasteiger partial charge in [0.05, 0.1) is 6.61 Å². The van der Waals surface area contributed by atoms with Crippen molar-refractivity contribution in [3.63, 3.8) is 0 Å². The molecule has 6 heteroatoms. The molecule has 3 aliphatic rings. The highest BCUT2D eigenvalue weighted by Gasteiger charge is 2.51. The van der Waals surface area contributed by atoms with Crippen molar-refractivity contribution in [3.05, 3.63) is 0 Å². The number of amides is 2. The Morgan fingerprint density at radius 3 is 2.55 bits per heavy atom. The number of fused-ring (bicyclic) bond motifs is 1. The van der Waals surface area contributed by atoms with Crippen LogP contribution < -0.4 is 0 Å². The minimum absolute atomic E-state index is 0.0688. The second kappa shape index (κ2) is 5.24. The number of nitrogens with zero attached hydrogens (tertiary/aromatic N) is 2. The molecule has 0 spiro atoms. The Morgan fingerprint density at radius 1 is 1.20 bits per heavy atom. The standard InChI is InChI=1S/C14H22N2O4/c17-7-6-15(10-4-5-10)14(20)16-8-9-2-1-3-11(9)12(16)13(18)19/h9-12,17H,1-8H2,(H,18,19). The number of carboxylic acids is 1. The third-order valence-electron chi connectivity index (χ3n) is 4.96. The Labute approximate surface area is 118 Å². The van der Waals surface area contributed by atoms with E-state index in [-0.39, 0.29) is 24.6 Å². The van der Waals surface area contributed by atoms with E-state index in [1.807, 2.05) is 0 Å². The van der Waals surface area contributed by atoms with E-state index < -0.39 is 12.0 Å². The highest BCUT2D eigenvalue weighted by Crippen LogP contribution is 2.43. The predicted octanol–water partition coefficient (Wildman–Crippen LogP) is 0.748. The fraction of sp³-hybridized carbons (Fsp3) is 0.857. The van der Waals surface area contributed by atoms with Crippen LogP contribution in [0, 0.1) is 11.8 Å². The van der Waals surface area contributed by atoms with Crippen molar-refractivity contribution in [1.82, 2.24) is 9.80 Å². The molecule has 2 N–H and O–H groups in total. The molecule has 1 heterocycles. The van der Waals surface area contributed by atoms with Crippen LogP contribution in [-0.4, -0.2) is 63.8 Å². The molecule has 1 saturated heterocycles. The summed E-state index contributed by atoms with van der Waals surface area (Å²) in [5, 5.41) is 18.6. The van der Waals surface area contributed by atoms with Crippen molar-refractivity contribution >= 4 is 12.0 Å². The Morgan fingerprint density at radius 2 is 1.95 bits per heavy atom. The molecule has 0 aromatic carbocycles. The topological polar surface area (TPSA) is 81.1 Å². The number of carbonyl (C=O) groups is 2. The number of carboxylic acid groups (broad SMARTS) is 1. The number of hydrogen-bond donors (Lipinski definition) is 2. The minimum atomic E-state index is -0.882. The van der Waals surface area contributed by atoms with Gasteiger partial charge in [-0.15, -0.1) is 0 Å². The number of carbonyl (C=O) groups excluding carboxylic acids is 1. The number of aliphatic hydroxyl groups excluding tert-OH is 1. The van der Waals surface area contributed by atoms with Crippen LogP contribution >= 0.6 is 0 Å². The van der Waals surface area contributed by atoms with Crippen molar-refractivity contribution in [3.8, 4) is 0 Å². The van der Waals surface area contributed by atoms with Crippen LogP contribution in [0.15, 0.2) is 0 Å². The zero-order valence-corrected chi connectivity index (χ0v) is 11.6. The summed E-state index contributed by atoms with van der Waals surface area (Å²) in [7, 11) is 0. The number of aliphatic hydroxyl groups is 1. The van der Waals surface area contributed by atoms with Crippen molar-refractivity contribution in [2.75, 3.05) is 19.7 Å². The Balaban J connectivity index is 1.77. The van der Waals surface area contributed by atoms with Gasteiger partial charge in [0.2, 0.25) is 0 Å². The summed E-state index contributed by atoms with van der Waals surface area (Å²) in [6, 6.07) is -0.664. The molecule has 0 aromatic rings. The second-order valence-corrected chi connectivity index (χ2v) is 6.22. The second-order valence-electron chi connectivity index (χ2n) is 6.22. The smallest absolute Gasteiger partial charge is 0.326 e. The van der Waals surface area contributed by atoms with Gasteiger partial charge in [-0.3, -0.25) is 0 Å². The fourth-order valence-electron chi connectivity index (χ4n) is 3.91. The van der Waals surface area contributed by atoms with Crippen molar-refractivity contribution in [2.45, 2.75) is 44.2 Å². The number of hydrogen-bond acceptors (Lipinski definition) is 3. The van der Waals surface area contributed by atoms with Crippen LogP contribution in [0.2, 0.25) is 0 Å². The van der Waals surface area contributed by atoms with Gasteiger partial charge in [0.25, 0.3) is 0 Å². The molecule has 3 rings (SSSR count). The largest absolute Gasteiger partial charge is 0.480 e. The maximum absolute atomic E-state index is 12.6. The zero-order chi connectivity index (χ0) is 14.3. The molecule has 2 aliphatic carbocycles. The molecular weight excluding hydrogens is 260 g/mol. The molecule has 0 bridgehead atoms. The Bertz CT molecular complexity index is 410. The number of likely N-dealkylation sites (tertiary alicyclic amines) is 1. The van der Waals surface area contributed by atoms with E-state index in [0.717, 1.165) is 32.1 Å². The molecular formula is C14H22N2O4. The number of urea groups is 1. The van der Waals surface area contributed by atoms with Gasteiger partial charge in [-0.1, -0.05) is 6.42 Å². The van der Waals surface area contributed by atoms with Gasteiger partial charge in [0.1, 0.15) is 6.04 Å². The van der Waals surface area contributed by atoms with Gasteiger partial charge >= 0.3 is 12.0 Å². The van der Waals surface area contributed by atoms with E-state index >= 15 is 0 Å². The maximum atomic E-state index is 12.6. The van der Waals surface area contributed by atoms with E-state index in [2.05, 4.69) is 0 Å². The third-order valence-corrected chi connectivity index (χ3v) is 4.96. The van der Waals surface area contributed by atoms with E-state index in [0.29, 0.717) is 19.0 Å². The lowest BCUT2D eigenvalue weighted by Gasteiger charge is -2.31. The maximum Gasteiger partial charge on any atom is 0.326 e.